The number of rotatable bonds is 8. The van der Waals surface area contributed by atoms with Gasteiger partial charge in [-0.1, -0.05) is 0 Å². The Hall–Kier alpha value is -1.75. The highest BCUT2D eigenvalue weighted by atomic mass is 16.5. The molecule has 1 aromatic rings. The van der Waals surface area contributed by atoms with Gasteiger partial charge in [0.2, 0.25) is 0 Å². The molecule has 110 valence electrons. The number of carbonyl (C=O) groups excluding carboxylic acids is 1. The van der Waals surface area contributed by atoms with Crippen LogP contribution in [0.2, 0.25) is 0 Å². The first-order valence-electron chi connectivity index (χ1n) is 7.09. The third-order valence-corrected chi connectivity index (χ3v) is 3.15. The van der Waals surface area contributed by atoms with Crippen LogP contribution in [0.25, 0.3) is 0 Å². The van der Waals surface area contributed by atoms with E-state index < -0.39 is 0 Å². The summed E-state index contributed by atoms with van der Waals surface area (Å²) < 4.78 is 10.6. The third kappa shape index (κ3) is 4.42. The van der Waals surface area contributed by atoms with Crippen molar-refractivity contribution in [3.05, 3.63) is 23.8 Å². The second-order valence-electron chi connectivity index (χ2n) is 4.97. The SMILES string of the molecule is CCOC(=O)c1cc(N)ccc1NCCOCC1CC1. The quantitative estimate of drug-likeness (QED) is 0.433. The fourth-order valence-corrected chi connectivity index (χ4v) is 1.89. The Balaban J connectivity index is 1.86. The minimum absolute atomic E-state index is 0.345. The fraction of sp³-hybridized carbons (Fsp3) is 0.533. The van der Waals surface area contributed by atoms with Crippen LogP contribution < -0.4 is 11.1 Å². The lowest BCUT2D eigenvalue weighted by atomic mass is 10.1. The fourth-order valence-electron chi connectivity index (χ4n) is 1.89. The summed E-state index contributed by atoms with van der Waals surface area (Å²) in [6, 6.07) is 5.18. The lowest BCUT2D eigenvalue weighted by Crippen LogP contribution is -2.14. The summed E-state index contributed by atoms with van der Waals surface area (Å²) in [7, 11) is 0. The highest BCUT2D eigenvalue weighted by molar-refractivity contribution is 5.96. The molecule has 0 atom stereocenters. The minimum atomic E-state index is -0.360. The first-order chi connectivity index (χ1) is 9.70. The maximum atomic E-state index is 11.9. The van der Waals surface area contributed by atoms with E-state index in [1.54, 1.807) is 25.1 Å². The smallest absolute Gasteiger partial charge is 0.340 e. The highest BCUT2D eigenvalue weighted by Gasteiger charge is 2.20. The Morgan fingerprint density at radius 3 is 2.95 bits per heavy atom. The molecule has 2 rings (SSSR count). The van der Waals surface area contributed by atoms with Crippen LogP contribution in [0.3, 0.4) is 0 Å². The predicted octanol–water partition coefficient (Wildman–Crippen LogP) is 2.28. The Morgan fingerprint density at radius 1 is 1.45 bits per heavy atom. The molecule has 1 saturated carbocycles. The number of ether oxygens (including phenoxy) is 2. The molecule has 0 saturated heterocycles. The van der Waals surface area contributed by atoms with E-state index in [4.69, 9.17) is 15.2 Å². The van der Waals surface area contributed by atoms with Crippen molar-refractivity contribution >= 4 is 17.3 Å². The van der Waals surface area contributed by atoms with Gasteiger partial charge in [0.1, 0.15) is 0 Å². The first-order valence-corrected chi connectivity index (χ1v) is 7.09. The van der Waals surface area contributed by atoms with Crippen molar-refractivity contribution in [1.82, 2.24) is 0 Å². The Morgan fingerprint density at radius 2 is 2.25 bits per heavy atom. The monoisotopic (exact) mass is 278 g/mol. The van der Waals surface area contributed by atoms with Crippen LogP contribution in [0.5, 0.6) is 0 Å². The van der Waals surface area contributed by atoms with Crippen molar-refractivity contribution in [1.29, 1.82) is 0 Å². The van der Waals surface area contributed by atoms with Gasteiger partial charge in [-0.2, -0.15) is 0 Å². The summed E-state index contributed by atoms with van der Waals surface area (Å²) in [5, 5.41) is 3.19. The van der Waals surface area contributed by atoms with Gasteiger partial charge < -0.3 is 20.5 Å². The van der Waals surface area contributed by atoms with Gasteiger partial charge in [-0.15, -0.1) is 0 Å². The van der Waals surface area contributed by atoms with Gasteiger partial charge in [-0.3, -0.25) is 0 Å². The summed E-state index contributed by atoms with van der Waals surface area (Å²) in [6.07, 6.45) is 2.58. The molecule has 1 fully saturated rings. The second kappa shape index (κ2) is 7.14. The van der Waals surface area contributed by atoms with Crippen LogP contribution in [-0.2, 0) is 9.47 Å². The number of anilines is 2. The average molecular weight is 278 g/mol. The van der Waals surface area contributed by atoms with E-state index in [9.17, 15) is 4.79 Å². The van der Waals surface area contributed by atoms with Gasteiger partial charge in [0.15, 0.2) is 0 Å². The van der Waals surface area contributed by atoms with E-state index in [0.29, 0.717) is 31.0 Å². The van der Waals surface area contributed by atoms with Gasteiger partial charge in [-0.25, -0.2) is 4.79 Å². The Bertz CT molecular complexity index is 458. The second-order valence-corrected chi connectivity index (χ2v) is 4.97. The molecule has 5 heteroatoms. The van der Waals surface area contributed by atoms with Crippen molar-refractivity contribution in [2.24, 2.45) is 5.92 Å². The van der Waals surface area contributed by atoms with Gasteiger partial charge >= 0.3 is 5.97 Å². The molecule has 1 aromatic carbocycles. The number of carbonyl (C=O) groups is 1. The maximum Gasteiger partial charge on any atom is 0.340 e. The van der Waals surface area contributed by atoms with Crippen LogP contribution in [-0.4, -0.2) is 32.3 Å². The zero-order chi connectivity index (χ0) is 14.4. The Labute approximate surface area is 119 Å². The minimum Gasteiger partial charge on any atom is -0.462 e. The number of hydrogen-bond acceptors (Lipinski definition) is 5. The molecule has 20 heavy (non-hydrogen) atoms. The first kappa shape index (κ1) is 14.7. The molecule has 0 bridgehead atoms. The van der Waals surface area contributed by atoms with Gasteiger partial charge in [-0.05, 0) is 43.9 Å². The van der Waals surface area contributed by atoms with E-state index in [-0.39, 0.29) is 5.97 Å². The Kier molecular flexibility index (Phi) is 5.24. The molecule has 0 unspecified atom stereocenters. The van der Waals surface area contributed by atoms with Crippen LogP contribution in [0.1, 0.15) is 30.1 Å². The highest BCUT2D eigenvalue weighted by Crippen LogP contribution is 2.28. The number of nitrogens with one attached hydrogen (secondary N) is 1. The lowest BCUT2D eigenvalue weighted by molar-refractivity contribution is 0.0527. The van der Waals surface area contributed by atoms with E-state index in [1.165, 1.54) is 12.8 Å². The number of nitrogens with two attached hydrogens (primary N) is 1. The van der Waals surface area contributed by atoms with Crippen LogP contribution >= 0.6 is 0 Å². The largest absolute Gasteiger partial charge is 0.462 e. The van der Waals surface area contributed by atoms with E-state index in [2.05, 4.69) is 5.32 Å². The molecule has 0 amide bonds. The van der Waals surface area contributed by atoms with Crippen LogP contribution in [0.15, 0.2) is 18.2 Å². The van der Waals surface area contributed by atoms with Crippen molar-refractivity contribution in [2.75, 3.05) is 37.4 Å². The summed E-state index contributed by atoms with van der Waals surface area (Å²) in [4.78, 5) is 11.9. The molecule has 0 radical (unpaired) electrons. The molecule has 3 N–H and O–H groups in total. The molecular weight excluding hydrogens is 256 g/mol. The van der Waals surface area contributed by atoms with Crippen LogP contribution in [0, 0.1) is 5.92 Å². The zero-order valence-electron chi connectivity index (χ0n) is 11.9. The molecule has 0 spiro atoms. The van der Waals surface area contributed by atoms with Crippen LogP contribution in [0.4, 0.5) is 11.4 Å². The molecule has 0 aromatic heterocycles. The summed E-state index contributed by atoms with van der Waals surface area (Å²) in [6.45, 7) is 4.25. The van der Waals surface area contributed by atoms with E-state index in [1.807, 2.05) is 0 Å². The summed E-state index contributed by atoms with van der Waals surface area (Å²) >= 11 is 0. The maximum absolute atomic E-state index is 11.9. The van der Waals surface area contributed by atoms with E-state index in [0.717, 1.165) is 18.2 Å². The standard InChI is InChI=1S/C15H22N2O3/c1-2-20-15(18)13-9-12(16)5-6-14(13)17-7-8-19-10-11-3-4-11/h5-6,9,11,17H,2-4,7-8,10,16H2,1H3. The van der Waals surface area contributed by atoms with E-state index >= 15 is 0 Å². The molecular formula is C15H22N2O3. The van der Waals surface area contributed by atoms with Gasteiger partial charge in [0, 0.05) is 24.5 Å². The van der Waals surface area contributed by atoms with Crippen molar-refractivity contribution in [3.63, 3.8) is 0 Å². The average Bonchev–Trinajstić information content (AvgIpc) is 3.24. The van der Waals surface area contributed by atoms with Gasteiger partial charge in [0.25, 0.3) is 0 Å². The number of hydrogen-bond donors (Lipinski definition) is 2. The molecule has 0 heterocycles. The number of esters is 1. The lowest BCUT2D eigenvalue weighted by Gasteiger charge is -2.12. The summed E-state index contributed by atoms with van der Waals surface area (Å²) in [5.74, 6) is 0.405. The van der Waals surface area contributed by atoms with Gasteiger partial charge in [0.05, 0.1) is 18.8 Å². The molecule has 1 aliphatic carbocycles. The predicted molar refractivity (Wildman–Crippen MR) is 78.8 cm³/mol. The number of nitrogen functional groups attached to an aromatic ring is 1. The molecule has 0 aliphatic heterocycles. The number of benzene rings is 1. The normalized spacial score (nSPS) is 14.1. The molecule has 5 nitrogen and oxygen atoms in total. The topological polar surface area (TPSA) is 73.6 Å². The van der Waals surface area contributed by atoms with Crippen molar-refractivity contribution in [2.45, 2.75) is 19.8 Å². The summed E-state index contributed by atoms with van der Waals surface area (Å²) in [5.41, 5.74) is 7.46. The van der Waals surface area contributed by atoms with Crippen molar-refractivity contribution < 1.29 is 14.3 Å². The molecule has 1 aliphatic rings. The zero-order valence-corrected chi connectivity index (χ0v) is 11.9. The third-order valence-electron chi connectivity index (χ3n) is 3.15. The van der Waals surface area contributed by atoms with Crippen molar-refractivity contribution in [3.8, 4) is 0 Å².